The third-order valence-corrected chi connectivity index (χ3v) is 2.45. The Morgan fingerprint density at radius 1 is 1.33 bits per heavy atom. The molecule has 15 heavy (non-hydrogen) atoms. The molecule has 1 aliphatic heterocycles. The molecular formula is C11H22N2O2. The van der Waals surface area contributed by atoms with E-state index in [0.717, 1.165) is 25.9 Å². The molecule has 4 nitrogen and oxygen atoms in total. The first-order valence-corrected chi connectivity index (χ1v) is 5.82. The van der Waals surface area contributed by atoms with Crippen LogP contribution in [-0.4, -0.2) is 37.0 Å². The van der Waals surface area contributed by atoms with E-state index < -0.39 is 0 Å². The zero-order chi connectivity index (χ0) is 11.1. The Kier molecular flexibility index (Phi) is 5.65. The number of carbonyl (C=O) groups is 1. The second-order valence-corrected chi connectivity index (χ2v) is 4.47. The van der Waals surface area contributed by atoms with Gasteiger partial charge < -0.3 is 9.74 Å². The molecule has 0 aromatic heterocycles. The Morgan fingerprint density at radius 2 is 2.00 bits per heavy atom. The lowest BCUT2D eigenvalue weighted by molar-refractivity contribution is -0.134. The van der Waals surface area contributed by atoms with E-state index in [9.17, 15) is 4.79 Å². The van der Waals surface area contributed by atoms with E-state index in [1.165, 1.54) is 6.42 Å². The minimum absolute atomic E-state index is 0.151. The van der Waals surface area contributed by atoms with Crippen molar-refractivity contribution in [1.82, 2.24) is 10.4 Å². The monoisotopic (exact) mass is 214 g/mol. The first kappa shape index (κ1) is 12.5. The number of likely N-dealkylation sites (tertiary alicyclic amines) is 1. The first-order chi connectivity index (χ1) is 7.20. The van der Waals surface area contributed by atoms with Crippen molar-refractivity contribution < 1.29 is 9.63 Å². The van der Waals surface area contributed by atoms with E-state index in [1.54, 1.807) is 0 Å². The first-order valence-electron chi connectivity index (χ1n) is 5.82. The van der Waals surface area contributed by atoms with Crippen LogP contribution in [0.2, 0.25) is 0 Å². The summed E-state index contributed by atoms with van der Waals surface area (Å²) in [5.41, 5.74) is 2.72. The van der Waals surface area contributed by atoms with Crippen LogP contribution in [-0.2, 0) is 9.63 Å². The fraction of sp³-hybridized carbons (Fsp3) is 0.909. The fourth-order valence-corrected chi connectivity index (χ4v) is 1.59. The van der Waals surface area contributed by atoms with E-state index in [2.05, 4.69) is 19.3 Å². The fourth-order valence-electron chi connectivity index (χ4n) is 1.59. The Balaban J connectivity index is 2.07. The summed E-state index contributed by atoms with van der Waals surface area (Å²) in [6.07, 6.45) is 3.53. The predicted octanol–water partition coefficient (Wildman–Crippen LogP) is 1.18. The molecule has 1 saturated heterocycles. The van der Waals surface area contributed by atoms with Crippen LogP contribution in [0.4, 0.5) is 0 Å². The summed E-state index contributed by atoms with van der Waals surface area (Å²) in [6.45, 7) is 6.91. The average Bonchev–Trinajstić information content (AvgIpc) is 2.25. The summed E-state index contributed by atoms with van der Waals surface area (Å²) in [6, 6.07) is 0. The van der Waals surface area contributed by atoms with Crippen LogP contribution in [0.15, 0.2) is 0 Å². The van der Waals surface area contributed by atoms with Gasteiger partial charge in [-0.1, -0.05) is 13.8 Å². The molecule has 1 aliphatic rings. The SMILES string of the molecule is CC(C)CONCC(=O)N1CCCCC1. The van der Waals surface area contributed by atoms with Gasteiger partial charge in [0.2, 0.25) is 5.91 Å². The highest BCUT2D eigenvalue weighted by molar-refractivity contribution is 5.78. The number of rotatable bonds is 5. The largest absolute Gasteiger partial charge is 0.342 e. The number of hydroxylamine groups is 1. The van der Waals surface area contributed by atoms with E-state index in [1.807, 2.05) is 4.90 Å². The second-order valence-electron chi connectivity index (χ2n) is 4.47. The lowest BCUT2D eigenvalue weighted by Gasteiger charge is -2.26. The molecule has 0 spiro atoms. The maximum atomic E-state index is 11.6. The highest BCUT2D eigenvalue weighted by Crippen LogP contribution is 2.08. The van der Waals surface area contributed by atoms with Crippen molar-refractivity contribution in [3.05, 3.63) is 0 Å². The lowest BCUT2D eigenvalue weighted by Crippen LogP contribution is -2.41. The summed E-state index contributed by atoms with van der Waals surface area (Å²) < 4.78 is 0. The van der Waals surface area contributed by atoms with Crippen LogP contribution in [0.5, 0.6) is 0 Å². The second kappa shape index (κ2) is 6.80. The Morgan fingerprint density at radius 3 is 2.60 bits per heavy atom. The van der Waals surface area contributed by atoms with Crippen LogP contribution < -0.4 is 5.48 Å². The molecule has 0 aromatic carbocycles. The molecule has 0 saturated carbocycles. The van der Waals surface area contributed by atoms with Crippen molar-refractivity contribution >= 4 is 5.91 Å². The zero-order valence-corrected chi connectivity index (χ0v) is 9.79. The van der Waals surface area contributed by atoms with Crippen molar-refractivity contribution in [3.8, 4) is 0 Å². The van der Waals surface area contributed by atoms with Crippen LogP contribution in [0, 0.1) is 5.92 Å². The molecule has 1 fully saturated rings. The third-order valence-electron chi connectivity index (χ3n) is 2.45. The van der Waals surface area contributed by atoms with Crippen molar-refractivity contribution in [2.24, 2.45) is 5.92 Å². The van der Waals surface area contributed by atoms with Crippen molar-refractivity contribution in [1.29, 1.82) is 0 Å². The van der Waals surface area contributed by atoms with Crippen LogP contribution >= 0.6 is 0 Å². The molecule has 0 radical (unpaired) electrons. The smallest absolute Gasteiger partial charge is 0.238 e. The van der Waals surface area contributed by atoms with E-state index in [0.29, 0.717) is 19.1 Å². The van der Waals surface area contributed by atoms with Gasteiger partial charge in [-0.15, -0.1) is 0 Å². The molecule has 1 amide bonds. The van der Waals surface area contributed by atoms with Crippen molar-refractivity contribution in [2.45, 2.75) is 33.1 Å². The molecule has 0 unspecified atom stereocenters. The number of carbonyl (C=O) groups excluding carboxylic acids is 1. The van der Waals surface area contributed by atoms with Gasteiger partial charge in [0.1, 0.15) is 6.54 Å². The Hall–Kier alpha value is -0.610. The summed E-state index contributed by atoms with van der Waals surface area (Å²) in [4.78, 5) is 18.7. The number of piperidine rings is 1. The molecule has 1 rings (SSSR count). The van der Waals surface area contributed by atoms with E-state index >= 15 is 0 Å². The highest BCUT2D eigenvalue weighted by atomic mass is 16.6. The normalized spacial score (nSPS) is 17.1. The minimum atomic E-state index is 0.151. The predicted molar refractivity (Wildman–Crippen MR) is 59.2 cm³/mol. The molecule has 4 heteroatoms. The molecule has 1 heterocycles. The van der Waals surface area contributed by atoms with E-state index in [-0.39, 0.29) is 5.91 Å². The Bertz CT molecular complexity index is 189. The van der Waals surface area contributed by atoms with Crippen LogP contribution in [0.3, 0.4) is 0 Å². The van der Waals surface area contributed by atoms with Crippen molar-refractivity contribution in [2.75, 3.05) is 26.2 Å². The summed E-state index contributed by atoms with van der Waals surface area (Å²) in [5.74, 6) is 0.640. The number of hydrogen-bond donors (Lipinski definition) is 1. The van der Waals surface area contributed by atoms with E-state index in [4.69, 9.17) is 4.84 Å². The van der Waals surface area contributed by atoms with Gasteiger partial charge in [-0.3, -0.25) is 4.79 Å². The van der Waals surface area contributed by atoms with Gasteiger partial charge >= 0.3 is 0 Å². The quantitative estimate of drug-likeness (QED) is 0.552. The molecule has 0 aromatic rings. The summed E-state index contributed by atoms with van der Waals surface area (Å²) in [5, 5.41) is 0. The highest BCUT2D eigenvalue weighted by Gasteiger charge is 2.15. The van der Waals surface area contributed by atoms with Crippen molar-refractivity contribution in [3.63, 3.8) is 0 Å². The number of nitrogens with zero attached hydrogens (tertiary/aromatic N) is 1. The maximum Gasteiger partial charge on any atom is 0.238 e. The maximum absolute atomic E-state index is 11.6. The Labute approximate surface area is 91.9 Å². The summed E-state index contributed by atoms with van der Waals surface area (Å²) >= 11 is 0. The van der Waals surface area contributed by atoms with Gasteiger partial charge in [0.15, 0.2) is 0 Å². The van der Waals surface area contributed by atoms with Gasteiger partial charge in [-0.05, 0) is 25.2 Å². The molecule has 88 valence electrons. The molecule has 1 N–H and O–H groups in total. The van der Waals surface area contributed by atoms with Gasteiger partial charge in [-0.25, -0.2) is 0 Å². The van der Waals surface area contributed by atoms with Gasteiger partial charge in [0.05, 0.1) is 6.61 Å². The topological polar surface area (TPSA) is 41.6 Å². The zero-order valence-electron chi connectivity index (χ0n) is 9.79. The average molecular weight is 214 g/mol. The third kappa shape index (κ3) is 5.14. The lowest BCUT2D eigenvalue weighted by atomic mass is 10.1. The van der Waals surface area contributed by atoms with Crippen LogP contribution in [0.25, 0.3) is 0 Å². The molecule has 0 aliphatic carbocycles. The van der Waals surface area contributed by atoms with Gasteiger partial charge in [0.25, 0.3) is 0 Å². The molecule has 0 bridgehead atoms. The standard InChI is InChI=1S/C11H22N2O2/c1-10(2)9-15-12-8-11(14)13-6-4-3-5-7-13/h10,12H,3-9H2,1-2H3. The van der Waals surface area contributed by atoms with Crippen LogP contribution in [0.1, 0.15) is 33.1 Å². The minimum Gasteiger partial charge on any atom is -0.342 e. The number of amides is 1. The summed E-state index contributed by atoms with van der Waals surface area (Å²) in [7, 11) is 0. The molecular weight excluding hydrogens is 192 g/mol. The number of hydrogen-bond acceptors (Lipinski definition) is 3. The molecule has 0 atom stereocenters. The van der Waals surface area contributed by atoms with Gasteiger partial charge in [0, 0.05) is 13.1 Å². The van der Waals surface area contributed by atoms with Gasteiger partial charge in [-0.2, -0.15) is 5.48 Å². The number of nitrogens with one attached hydrogen (secondary N) is 1.